The molecule has 1 amide bonds. The number of aryl methyl sites for hydroxylation is 4. The normalized spacial score (nSPS) is 11.4. The summed E-state index contributed by atoms with van der Waals surface area (Å²) < 4.78 is 2.58. The van der Waals surface area contributed by atoms with Crippen molar-refractivity contribution in [3.63, 3.8) is 0 Å². The number of rotatable bonds is 3. The van der Waals surface area contributed by atoms with Gasteiger partial charge in [0, 0.05) is 10.6 Å². The molecule has 0 fully saturated rings. The van der Waals surface area contributed by atoms with E-state index in [2.05, 4.69) is 15.4 Å². The number of carbonyl (C=O) groups excluding carboxylic acids is 1. The molecule has 1 aromatic carbocycles. The van der Waals surface area contributed by atoms with Crippen LogP contribution >= 0.6 is 11.3 Å². The predicted molar refractivity (Wildman–Crippen MR) is 107 cm³/mol. The Bertz CT molecular complexity index is 1240. The van der Waals surface area contributed by atoms with Crippen LogP contribution in [0.3, 0.4) is 0 Å². The lowest BCUT2D eigenvalue weighted by molar-refractivity contribution is -0.117. The first-order valence-corrected chi connectivity index (χ1v) is 9.37. The highest BCUT2D eigenvalue weighted by atomic mass is 32.1. The van der Waals surface area contributed by atoms with Gasteiger partial charge in [-0.1, -0.05) is 6.07 Å². The standard InChI is InChI=1S/C19H19N5O2S/c1-10-5-11(2)7-14(6-10)21-15(25)8-24-19(26)23-9-20-18-16(17(23)22-24)12(3)13(4)27-18/h5-7,9H,8H2,1-4H3,(H,21,25). The molecule has 0 atom stereocenters. The molecule has 3 aromatic heterocycles. The van der Waals surface area contributed by atoms with Gasteiger partial charge in [0.15, 0.2) is 5.65 Å². The van der Waals surface area contributed by atoms with E-state index >= 15 is 0 Å². The van der Waals surface area contributed by atoms with E-state index in [0.717, 1.165) is 31.8 Å². The van der Waals surface area contributed by atoms with Gasteiger partial charge in [-0.3, -0.25) is 4.79 Å². The zero-order valence-electron chi connectivity index (χ0n) is 15.5. The molecule has 0 unspecified atom stereocenters. The molecule has 0 aliphatic carbocycles. The summed E-state index contributed by atoms with van der Waals surface area (Å²) in [6.07, 6.45) is 1.47. The number of hydrogen-bond acceptors (Lipinski definition) is 5. The number of amides is 1. The molecule has 3 heterocycles. The van der Waals surface area contributed by atoms with Gasteiger partial charge in [-0.2, -0.15) is 0 Å². The number of carbonyl (C=O) groups is 1. The Hall–Kier alpha value is -3.00. The van der Waals surface area contributed by atoms with Crippen LogP contribution in [0.1, 0.15) is 21.6 Å². The van der Waals surface area contributed by atoms with E-state index in [1.54, 1.807) is 11.3 Å². The maximum atomic E-state index is 12.6. The molecule has 0 bridgehead atoms. The first-order valence-electron chi connectivity index (χ1n) is 8.55. The van der Waals surface area contributed by atoms with Crippen LogP contribution in [-0.4, -0.2) is 25.1 Å². The van der Waals surface area contributed by atoms with Crippen molar-refractivity contribution in [1.82, 2.24) is 19.2 Å². The number of benzene rings is 1. The third kappa shape index (κ3) is 3.02. The van der Waals surface area contributed by atoms with Gasteiger partial charge in [-0.15, -0.1) is 16.4 Å². The molecule has 1 N–H and O–H groups in total. The summed E-state index contributed by atoms with van der Waals surface area (Å²) in [5.41, 5.74) is 4.05. The minimum Gasteiger partial charge on any atom is -0.324 e. The lowest BCUT2D eigenvalue weighted by Crippen LogP contribution is -2.28. The quantitative estimate of drug-likeness (QED) is 0.592. The number of nitrogens with one attached hydrogen (secondary N) is 1. The van der Waals surface area contributed by atoms with Crippen molar-refractivity contribution in [2.24, 2.45) is 0 Å². The van der Waals surface area contributed by atoms with E-state index in [1.807, 2.05) is 45.9 Å². The fourth-order valence-electron chi connectivity index (χ4n) is 3.25. The Morgan fingerprint density at radius 2 is 1.85 bits per heavy atom. The molecule has 0 saturated heterocycles. The van der Waals surface area contributed by atoms with Crippen molar-refractivity contribution in [2.75, 3.05) is 5.32 Å². The average Bonchev–Trinajstić information content (AvgIpc) is 3.04. The fraction of sp³-hybridized carbons (Fsp3) is 0.263. The number of thiophene rings is 1. The first-order chi connectivity index (χ1) is 12.8. The van der Waals surface area contributed by atoms with Crippen LogP contribution in [0.5, 0.6) is 0 Å². The molecule has 0 spiro atoms. The summed E-state index contributed by atoms with van der Waals surface area (Å²) in [5.74, 6) is -0.298. The van der Waals surface area contributed by atoms with Gasteiger partial charge in [0.25, 0.3) is 0 Å². The van der Waals surface area contributed by atoms with E-state index < -0.39 is 0 Å². The molecule has 4 aromatic rings. The lowest BCUT2D eigenvalue weighted by atomic mass is 10.1. The largest absolute Gasteiger partial charge is 0.352 e. The van der Waals surface area contributed by atoms with Gasteiger partial charge >= 0.3 is 5.69 Å². The highest BCUT2D eigenvalue weighted by Gasteiger charge is 2.17. The maximum Gasteiger partial charge on any atom is 0.352 e. The minimum atomic E-state index is -0.377. The second-order valence-electron chi connectivity index (χ2n) is 6.77. The molecule has 27 heavy (non-hydrogen) atoms. The van der Waals surface area contributed by atoms with Crippen LogP contribution in [-0.2, 0) is 11.3 Å². The summed E-state index contributed by atoms with van der Waals surface area (Å²) >= 11 is 1.57. The predicted octanol–water partition coefficient (Wildman–Crippen LogP) is 2.98. The van der Waals surface area contributed by atoms with Crippen molar-refractivity contribution in [3.8, 4) is 0 Å². The van der Waals surface area contributed by atoms with Gasteiger partial charge in [0.2, 0.25) is 5.91 Å². The summed E-state index contributed by atoms with van der Waals surface area (Å²) in [7, 11) is 0. The third-order valence-electron chi connectivity index (χ3n) is 4.55. The van der Waals surface area contributed by atoms with Gasteiger partial charge in [0.05, 0.1) is 5.39 Å². The molecule has 8 heteroatoms. The number of anilines is 1. The monoisotopic (exact) mass is 381 g/mol. The van der Waals surface area contributed by atoms with Gasteiger partial charge in [-0.25, -0.2) is 18.9 Å². The van der Waals surface area contributed by atoms with Crippen LogP contribution in [0.15, 0.2) is 29.3 Å². The number of nitrogens with zero attached hydrogens (tertiary/aromatic N) is 4. The van der Waals surface area contributed by atoms with Crippen molar-refractivity contribution in [3.05, 3.63) is 56.6 Å². The Morgan fingerprint density at radius 1 is 1.15 bits per heavy atom. The molecule has 0 saturated carbocycles. The van der Waals surface area contributed by atoms with E-state index in [9.17, 15) is 9.59 Å². The van der Waals surface area contributed by atoms with Crippen LogP contribution in [0.25, 0.3) is 15.9 Å². The number of fused-ring (bicyclic) bond motifs is 3. The van der Waals surface area contributed by atoms with E-state index in [-0.39, 0.29) is 18.1 Å². The maximum absolute atomic E-state index is 12.6. The topological polar surface area (TPSA) is 81.3 Å². The summed E-state index contributed by atoms with van der Waals surface area (Å²) in [6.45, 7) is 7.80. The highest BCUT2D eigenvalue weighted by Crippen LogP contribution is 2.30. The second kappa shape index (κ2) is 6.31. The van der Waals surface area contributed by atoms with Gasteiger partial charge < -0.3 is 5.32 Å². The van der Waals surface area contributed by atoms with Gasteiger partial charge in [0.1, 0.15) is 17.7 Å². The summed E-state index contributed by atoms with van der Waals surface area (Å²) in [6, 6.07) is 5.82. The Kier molecular flexibility index (Phi) is 4.07. The second-order valence-corrected chi connectivity index (χ2v) is 7.97. The van der Waals surface area contributed by atoms with Crippen LogP contribution in [0.4, 0.5) is 5.69 Å². The first kappa shape index (κ1) is 17.4. The van der Waals surface area contributed by atoms with Crippen molar-refractivity contribution >= 4 is 38.8 Å². The molecule has 0 radical (unpaired) electrons. The highest BCUT2D eigenvalue weighted by molar-refractivity contribution is 7.18. The molecule has 7 nitrogen and oxygen atoms in total. The minimum absolute atomic E-state index is 0.156. The number of hydrogen-bond donors (Lipinski definition) is 1. The number of aromatic nitrogens is 4. The van der Waals surface area contributed by atoms with E-state index in [0.29, 0.717) is 11.3 Å². The fourth-order valence-corrected chi connectivity index (χ4v) is 4.25. The van der Waals surface area contributed by atoms with Crippen LogP contribution in [0, 0.1) is 27.7 Å². The summed E-state index contributed by atoms with van der Waals surface area (Å²) in [5, 5.41) is 8.11. The summed E-state index contributed by atoms with van der Waals surface area (Å²) in [4.78, 5) is 31.4. The zero-order chi connectivity index (χ0) is 19.3. The molecule has 0 aliphatic heterocycles. The molecular formula is C19H19N5O2S. The third-order valence-corrected chi connectivity index (χ3v) is 5.67. The van der Waals surface area contributed by atoms with E-state index in [4.69, 9.17) is 0 Å². The SMILES string of the molecule is Cc1cc(C)cc(NC(=O)Cn2nc3c4c(C)c(C)sc4ncn3c2=O)c1. The van der Waals surface area contributed by atoms with Crippen molar-refractivity contribution in [2.45, 2.75) is 34.2 Å². The smallest absolute Gasteiger partial charge is 0.324 e. The zero-order valence-corrected chi connectivity index (χ0v) is 16.3. The van der Waals surface area contributed by atoms with Gasteiger partial charge in [-0.05, 0) is 56.5 Å². The molecular weight excluding hydrogens is 362 g/mol. The average molecular weight is 381 g/mol. The Balaban J connectivity index is 1.69. The van der Waals surface area contributed by atoms with Crippen LogP contribution < -0.4 is 11.0 Å². The Morgan fingerprint density at radius 3 is 2.56 bits per heavy atom. The van der Waals surface area contributed by atoms with Crippen molar-refractivity contribution in [1.29, 1.82) is 0 Å². The van der Waals surface area contributed by atoms with Crippen molar-refractivity contribution < 1.29 is 4.79 Å². The lowest BCUT2D eigenvalue weighted by Gasteiger charge is -2.07. The van der Waals surface area contributed by atoms with E-state index in [1.165, 1.54) is 15.4 Å². The Labute approximate surface area is 159 Å². The van der Waals surface area contributed by atoms with Crippen LogP contribution in [0.2, 0.25) is 0 Å². The molecule has 0 aliphatic rings. The molecule has 4 rings (SSSR count). The molecule has 138 valence electrons.